The van der Waals surface area contributed by atoms with Gasteiger partial charge >= 0.3 is 5.97 Å². The summed E-state index contributed by atoms with van der Waals surface area (Å²) in [6.45, 7) is 3.13. The highest BCUT2D eigenvalue weighted by Gasteiger charge is 2.33. The van der Waals surface area contributed by atoms with Crippen molar-refractivity contribution in [1.82, 2.24) is 4.90 Å². The van der Waals surface area contributed by atoms with Gasteiger partial charge in [0.2, 0.25) is 5.91 Å². The SMILES string of the molecule is CC(CN)CCC(=O)N1CCC[C@H]1C(=O)O. The Morgan fingerprint density at radius 1 is 1.56 bits per heavy atom. The molecule has 5 nitrogen and oxygen atoms in total. The van der Waals surface area contributed by atoms with Crippen molar-refractivity contribution in [3.8, 4) is 0 Å². The molecule has 1 aliphatic heterocycles. The normalized spacial score (nSPS) is 22.1. The quantitative estimate of drug-likeness (QED) is 0.715. The van der Waals surface area contributed by atoms with Gasteiger partial charge in [0.05, 0.1) is 0 Å². The Kier molecular flexibility index (Phi) is 4.73. The van der Waals surface area contributed by atoms with Crippen molar-refractivity contribution in [1.29, 1.82) is 0 Å². The zero-order valence-corrected chi connectivity index (χ0v) is 9.69. The first-order valence-corrected chi connectivity index (χ1v) is 5.78. The maximum absolute atomic E-state index is 11.8. The molecule has 1 amide bonds. The third-order valence-electron chi connectivity index (χ3n) is 3.11. The van der Waals surface area contributed by atoms with Gasteiger partial charge in [0.1, 0.15) is 6.04 Å². The van der Waals surface area contributed by atoms with Gasteiger partial charge in [-0.15, -0.1) is 0 Å². The van der Waals surface area contributed by atoms with Gasteiger partial charge in [-0.05, 0) is 31.7 Å². The maximum Gasteiger partial charge on any atom is 0.326 e. The van der Waals surface area contributed by atoms with Crippen molar-refractivity contribution in [2.75, 3.05) is 13.1 Å². The third-order valence-corrected chi connectivity index (χ3v) is 3.11. The number of carboxylic acids is 1. The molecule has 0 spiro atoms. The van der Waals surface area contributed by atoms with Crippen LogP contribution in [0.4, 0.5) is 0 Å². The average molecular weight is 228 g/mol. The van der Waals surface area contributed by atoms with E-state index in [1.165, 1.54) is 4.90 Å². The van der Waals surface area contributed by atoms with Crippen molar-refractivity contribution >= 4 is 11.9 Å². The fourth-order valence-corrected chi connectivity index (χ4v) is 1.95. The Bertz CT molecular complexity index is 268. The molecule has 1 saturated heterocycles. The van der Waals surface area contributed by atoms with Crippen LogP contribution in [0.1, 0.15) is 32.6 Å². The molecule has 0 radical (unpaired) electrons. The molecule has 92 valence electrons. The minimum Gasteiger partial charge on any atom is -0.480 e. The fourth-order valence-electron chi connectivity index (χ4n) is 1.95. The van der Waals surface area contributed by atoms with Crippen LogP contribution < -0.4 is 5.73 Å². The van der Waals surface area contributed by atoms with E-state index in [9.17, 15) is 9.59 Å². The lowest BCUT2D eigenvalue weighted by Crippen LogP contribution is -2.40. The van der Waals surface area contributed by atoms with Gasteiger partial charge < -0.3 is 15.7 Å². The summed E-state index contributed by atoms with van der Waals surface area (Å²) in [5.41, 5.74) is 5.47. The van der Waals surface area contributed by atoms with Crippen molar-refractivity contribution in [3.05, 3.63) is 0 Å². The van der Waals surface area contributed by atoms with Crippen LogP contribution in [0.25, 0.3) is 0 Å². The average Bonchev–Trinajstić information content (AvgIpc) is 2.74. The highest BCUT2D eigenvalue weighted by molar-refractivity contribution is 5.84. The van der Waals surface area contributed by atoms with Crippen LogP contribution in [0, 0.1) is 5.92 Å². The van der Waals surface area contributed by atoms with E-state index in [-0.39, 0.29) is 5.91 Å². The summed E-state index contributed by atoms with van der Waals surface area (Å²) >= 11 is 0. The van der Waals surface area contributed by atoms with Crippen LogP contribution in [-0.2, 0) is 9.59 Å². The predicted molar refractivity (Wildman–Crippen MR) is 59.8 cm³/mol. The molecule has 1 rings (SSSR count). The number of carbonyl (C=O) groups excluding carboxylic acids is 1. The first kappa shape index (κ1) is 13.0. The molecule has 2 atom stereocenters. The highest BCUT2D eigenvalue weighted by Crippen LogP contribution is 2.19. The van der Waals surface area contributed by atoms with E-state index >= 15 is 0 Å². The van der Waals surface area contributed by atoms with E-state index in [1.54, 1.807) is 0 Å². The number of hydrogen-bond acceptors (Lipinski definition) is 3. The smallest absolute Gasteiger partial charge is 0.326 e. The summed E-state index contributed by atoms with van der Waals surface area (Å²) in [6.07, 6.45) is 2.50. The highest BCUT2D eigenvalue weighted by atomic mass is 16.4. The minimum absolute atomic E-state index is 0.0507. The third kappa shape index (κ3) is 3.20. The molecule has 3 N–H and O–H groups in total. The summed E-state index contributed by atoms with van der Waals surface area (Å²) in [4.78, 5) is 24.2. The van der Waals surface area contributed by atoms with E-state index in [1.807, 2.05) is 6.92 Å². The number of nitrogens with zero attached hydrogens (tertiary/aromatic N) is 1. The van der Waals surface area contributed by atoms with Crippen molar-refractivity contribution in [2.24, 2.45) is 11.7 Å². The van der Waals surface area contributed by atoms with Crippen molar-refractivity contribution in [2.45, 2.75) is 38.6 Å². The molecule has 16 heavy (non-hydrogen) atoms. The van der Waals surface area contributed by atoms with Gasteiger partial charge in [0, 0.05) is 13.0 Å². The molecule has 0 aliphatic carbocycles. The lowest BCUT2D eigenvalue weighted by atomic mass is 10.1. The Labute approximate surface area is 95.6 Å². The first-order valence-electron chi connectivity index (χ1n) is 5.78. The lowest BCUT2D eigenvalue weighted by molar-refractivity contribution is -0.148. The Morgan fingerprint density at radius 2 is 2.25 bits per heavy atom. The van der Waals surface area contributed by atoms with Gasteiger partial charge in [0.15, 0.2) is 0 Å². The summed E-state index contributed by atoms with van der Waals surface area (Å²) in [7, 11) is 0. The van der Waals surface area contributed by atoms with Gasteiger partial charge in [-0.3, -0.25) is 4.79 Å². The zero-order valence-electron chi connectivity index (χ0n) is 9.69. The van der Waals surface area contributed by atoms with Crippen molar-refractivity contribution < 1.29 is 14.7 Å². The largest absolute Gasteiger partial charge is 0.480 e. The van der Waals surface area contributed by atoms with E-state index in [0.29, 0.717) is 31.8 Å². The van der Waals surface area contributed by atoms with E-state index < -0.39 is 12.0 Å². The number of likely N-dealkylation sites (tertiary alicyclic amines) is 1. The minimum atomic E-state index is -0.891. The molecular weight excluding hydrogens is 208 g/mol. The van der Waals surface area contributed by atoms with E-state index in [0.717, 1.165) is 12.8 Å². The lowest BCUT2D eigenvalue weighted by Gasteiger charge is -2.22. The Hall–Kier alpha value is -1.10. The molecule has 1 heterocycles. The number of hydrogen-bond donors (Lipinski definition) is 2. The molecule has 0 aromatic heterocycles. The zero-order chi connectivity index (χ0) is 12.1. The van der Waals surface area contributed by atoms with Crippen LogP contribution in [0.3, 0.4) is 0 Å². The number of aliphatic carboxylic acids is 1. The molecule has 1 fully saturated rings. The molecule has 5 heteroatoms. The number of carboxylic acid groups (broad SMARTS) is 1. The van der Waals surface area contributed by atoms with E-state index in [2.05, 4.69) is 0 Å². The standard InChI is InChI=1S/C11H20N2O3/c1-8(7-12)4-5-10(14)13-6-2-3-9(13)11(15)16/h8-9H,2-7,12H2,1H3,(H,15,16)/t8?,9-/m0/s1. The molecule has 0 bridgehead atoms. The fraction of sp³-hybridized carbons (Fsp3) is 0.818. The summed E-state index contributed by atoms with van der Waals surface area (Å²) in [5.74, 6) is -0.627. The molecule has 0 aromatic carbocycles. The van der Waals surface area contributed by atoms with Crippen LogP contribution in [0.2, 0.25) is 0 Å². The summed E-state index contributed by atoms with van der Waals surface area (Å²) < 4.78 is 0. The Balaban J connectivity index is 2.44. The second-order valence-electron chi connectivity index (χ2n) is 4.46. The molecular formula is C11H20N2O3. The predicted octanol–water partition coefficient (Wildman–Crippen LogP) is 0.437. The van der Waals surface area contributed by atoms with Crippen LogP contribution in [-0.4, -0.2) is 41.0 Å². The van der Waals surface area contributed by atoms with Gasteiger partial charge in [0.25, 0.3) is 0 Å². The van der Waals surface area contributed by atoms with Gasteiger partial charge in [-0.1, -0.05) is 6.92 Å². The summed E-state index contributed by atoms with van der Waals surface area (Å²) in [5, 5.41) is 8.94. The van der Waals surface area contributed by atoms with Crippen LogP contribution in [0.15, 0.2) is 0 Å². The topological polar surface area (TPSA) is 83.6 Å². The number of nitrogens with two attached hydrogens (primary N) is 1. The second kappa shape index (κ2) is 5.84. The maximum atomic E-state index is 11.8. The van der Waals surface area contributed by atoms with E-state index in [4.69, 9.17) is 10.8 Å². The van der Waals surface area contributed by atoms with Gasteiger partial charge in [-0.25, -0.2) is 4.79 Å². The van der Waals surface area contributed by atoms with Crippen LogP contribution >= 0.6 is 0 Å². The molecule has 1 aliphatic rings. The molecule has 0 aromatic rings. The van der Waals surface area contributed by atoms with Crippen molar-refractivity contribution in [3.63, 3.8) is 0 Å². The van der Waals surface area contributed by atoms with Gasteiger partial charge in [-0.2, -0.15) is 0 Å². The first-order chi connectivity index (χ1) is 7.56. The molecule has 0 saturated carbocycles. The number of rotatable bonds is 5. The number of amides is 1. The van der Waals surface area contributed by atoms with Crippen LogP contribution in [0.5, 0.6) is 0 Å². The monoisotopic (exact) mass is 228 g/mol. The summed E-state index contributed by atoms with van der Waals surface area (Å²) in [6, 6.07) is -0.610. The second-order valence-corrected chi connectivity index (χ2v) is 4.46. The number of carbonyl (C=O) groups is 2. The molecule has 1 unspecified atom stereocenters. The Morgan fingerprint density at radius 3 is 2.81 bits per heavy atom.